The van der Waals surface area contributed by atoms with Crippen molar-refractivity contribution in [3.8, 4) is 0 Å². The van der Waals surface area contributed by atoms with Gasteiger partial charge in [0.2, 0.25) is 0 Å². The third-order valence-corrected chi connectivity index (χ3v) is 6.75. The number of rotatable bonds is 19. The maximum absolute atomic E-state index is 12.8. The first kappa shape index (κ1) is 29.5. The van der Waals surface area contributed by atoms with Crippen molar-refractivity contribution in [1.82, 2.24) is 0 Å². The van der Waals surface area contributed by atoms with E-state index in [1.165, 1.54) is 64.2 Å². The van der Waals surface area contributed by atoms with Gasteiger partial charge in [-0.2, -0.15) is 0 Å². The minimum Gasteiger partial charge on any atom is -0.465 e. The number of hydrogen-bond acceptors (Lipinski definition) is 4. The van der Waals surface area contributed by atoms with Gasteiger partial charge in [-0.15, -0.1) is 0 Å². The fourth-order valence-corrected chi connectivity index (χ4v) is 4.15. The number of ether oxygens (including phenoxy) is 2. The predicted octanol–water partition coefficient (Wildman–Crippen LogP) is 8.43. The Morgan fingerprint density at radius 3 is 1.64 bits per heavy atom. The van der Waals surface area contributed by atoms with E-state index < -0.39 is 17.4 Å². The summed E-state index contributed by atoms with van der Waals surface area (Å²) in [6, 6.07) is 7.11. The van der Waals surface area contributed by atoms with Crippen molar-refractivity contribution in [2.24, 2.45) is 5.41 Å². The molecule has 0 spiro atoms. The van der Waals surface area contributed by atoms with Crippen LogP contribution in [0.3, 0.4) is 0 Å². The number of halogens is 1. The fraction of sp³-hybridized carbons (Fsp3) is 0.714. The molecule has 0 atom stereocenters. The minimum atomic E-state index is -1.23. The molecule has 0 heterocycles. The first-order valence-electron chi connectivity index (χ1n) is 13.1. The van der Waals surface area contributed by atoms with Crippen LogP contribution in [0.4, 0.5) is 0 Å². The van der Waals surface area contributed by atoms with Gasteiger partial charge in [0.25, 0.3) is 0 Å². The Balaban J connectivity index is 2.24. The third kappa shape index (κ3) is 11.4. The van der Waals surface area contributed by atoms with Crippen molar-refractivity contribution in [2.75, 3.05) is 6.61 Å². The summed E-state index contributed by atoms with van der Waals surface area (Å²) in [5.41, 5.74) is -0.400. The normalized spacial score (nSPS) is 11.4. The Hall–Kier alpha value is -1.55. The zero-order valence-corrected chi connectivity index (χ0v) is 21.9. The van der Waals surface area contributed by atoms with E-state index in [4.69, 9.17) is 21.1 Å². The average molecular weight is 481 g/mol. The summed E-state index contributed by atoms with van der Waals surface area (Å²) in [4.78, 5) is 25.6. The van der Waals surface area contributed by atoms with E-state index in [0.717, 1.165) is 18.4 Å². The molecule has 1 aromatic rings. The van der Waals surface area contributed by atoms with Crippen LogP contribution in [0.5, 0.6) is 0 Å². The van der Waals surface area contributed by atoms with Crippen LogP contribution in [0.15, 0.2) is 24.3 Å². The van der Waals surface area contributed by atoms with Gasteiger partial charge in [-0.1, -0.05) is 115 Å². The van der Waals surface area contributed by atoms with Crippen LogP contribution in [-0.4, -0.2) is 18.5 Å². The number of benzene rings is 1. The highest BCUT2D eigenvalue weighted by molar-refractivity contribution is 6.30. The Labute approximate surface area is 206 Å². The molecule has 0 aliphatic rings. The van der Waals surface area contributed by atoms with Gasteiger partial charge in [-0.25, -0.2) is 0 Å². The van der Waals surface area contributed by atoms with E-state index >= 15 is 0 Å². The highest BCUT2D eigenvalue weighted by atomic mass is 35.5. The molecule has 0 radical (unpaired) electrons. The van der Waals surface area contributed by atoms with Crippen molar-refractivity contribution in [3.05, 3.63) is 34.9 Å². The predicted molar refractivity (Wildman–Crippen MR) is 136 cm³/mol. The lowest BCUT2D eigenvalue weighted by Gasteiger charge is -2.27. The van der Waals surface area contributed by atoms with Crippen LogP contribution in [0, 0.1) is 5.41 Å². The second kappa shape index (κ2) is 17.9. The number of hydrogen-bond donors (Lipinski definition) is 0. The zero-order chi connectivity index (χ0) is 24.4. The summed E-state index contributed by atoms with van der Waals surface area (Å²) in [6.07, 6.45) is 15.8. The molecule has 4 nitrogen and oxygen atoms in total. The maximum Gasteiger partial charge on any atom is 0.323 e. The molecule has 0 fully saturated rings. The Morgan fingerprint density at radius 1 is 0.697 bits per heavy atom. The molecule has 1 aromatic carbocycles. The molecule has 33 heavy (non-hydrogen) atoms. The molecule has 0 saturated carbocycles. The van der Waals surface area contributed by atoms with Crippen molar-refractivity contribution >= 4 is 23.5 Å². The van der Waals surface area contributed by atoms with Gasteiger partial charge in [0, 0.05) is 5.02 Å². The summed E-state index contributed by atoms with van der Waals surface area (Å²) < 4.78 is 11.0. The van der Waals surface area contributed by atoms with Gasteiger partial charge in [0.15, 0.2) is 5.41 Å². The maximum atomic E-state index is 12.8. The van der Waals surface area contributed by atoms with Gasteiger partial charge in [-0.3, -0.25) is 9.59 Å². The molecule has 5 heteroatoms. The third-order valence-electron chi connectivity index (χ3n) is 6.50. The standard InChI is InChI=1S/C28H45ClO4/c1-4-7-8-9-10-11-12-13-14-15-16-17-22-32-26(30)28(5-2,6-3)27(31)33-23-24-18-20-25(29)21-19-24/h18-21H,4-17,22-23H2,1-3H3. The summed E-state index contributed by atoms with van der Waals surface area (Å²) in [7, 11) is 0. The quantitative estimate of drug-likeness (QED) is 0.113. The number of carbonyl (C=O) groups is 2. The Morgan fingerprint density at radius 2 is 1.15 bits per heavy atom. The first-order chi connectivity index (χ1) is 16.0. The lowest BCUT2D eigenvalue weighted by Crippen LogP contribution is -2.41. The second-order valence-corrected chi connectivity index (χ2v) is 9.45. The molecule has 0 aliphatic carbocycles. The molecule has 0 N–H and O–H groups in total. The molecular formula is C28H45ClO4. The summed E-state index contributed by atoms with van der Waals surface area (Å²) in [5.74, 6) is -0.973. The van der Waals surface area contributed by atoms with E-state index in [-0.39, 0.29) is 6.61 Å². The molecule has 0 amide bonds. The van der Waals surface area contributed by atoms with Crippen LogP contribution in [0.2, 0.25) is 5.02 Å². The van der Waals surface area contributed by atoms with Crippen molar-refractivity contribution in [1.29, 1.82) is 0 Å². The fourth-order valence-electron chi connectivity index (χ4n) is 4.02. The summed E-state index contributed by atoms with van der Waals surface area (Å²) in [5, 5.41) is 0.628. The summed E-state index contributed by atoms with van der Waals surface area (Å²) >= 11 is 5.89. The van der Waals surface area contributed by atoms with Crippen molar-refractivity contribution in [2.45, 2.75) is 117 Å². The Kier molecular flexibility index (Phi) is 16.0. The average Bonchev–Trinajstić information content (AvgIpc) is 2.82. The molecule has 0 aliphatic heterocycles. The SMILES string of the molecule is CCCCCCCCCCCCCCOC(=O)C(CC)(CC)C(=O)OCc1ccc(Cl)cc1. The molecular weight excluding hydrogens is 436 g/mol. The molecule has 0 unspecified atom stereocenters. The lowest BCUT2D eigenvalue weighted by molar-refractivity contribution is -0.174. The van der Waals surface area contributed by atoms with E-state index in [1.807, 2.05) is 13.8 Å². The van der Waals surface area contributed by atoms with Crippen molar-refractivity contribution < 1.29 is 19.1 Å². The molecule has 0 bridgehead atoms. The van der Waals surface area contributed by atoms with E-state index in [0.29, 0.717) is 24.5 Å². The number of esters is 2. The van der Waals surface area contributed by atoms with E-state index in [1.54, 1.807) is 24.3 Å². The smallest absolute Gasteiger partial charge is 0.323 e. The van der Waals surface area contributed by atoms with Crippen LogP contribution in [0.25, 0.3) is 0 Å². The van der Waals surface area contributed by atoms with E-state index in [2.05, 4.69) is 6.92 Å². The topological polar surface area (TPSA) is 52.6 Å². The first-order valence-corrected chi connectivity index (χ1v) is 13.5. The highest BCUT2D eigenvalue weighted by Crippen LogP contribution is 2.31. The van der Waals surface area contributed by atoms with Crippen molar-refractivity contribution in [3.63, 3.8) is 0 Å². The minimum absolute atomic E-state index is 0.115. The highest BCUT2D eigenvalue weighted by Gasteiger charge is 2.45. The second-order valence-electron chi connectivity index (χ2n) is 9.02. The van der Waals surface area contributed by atoms with Gasteiger partial charge in [0.05, 0.1) is 6.61 Å². The van der Waals surface area contributed by atoms with Crippen LogP contribution < -0.4 is 0 Å². The summed E-state index contributed by atoms with van der Waals surface area (Å²) in [6.45, 7) is 6.39. The zero-order valence-electron chi connectivity index (χ0n) is 21.1. The van der Waals surface area contributed by atoms with E-state index in [9.17, 15) is 9.59 Å². The van der Waals surface area contributed by atoms with Crippen LogP contribution in [0.1, 0.15) is 116 Å². The van der Waals surface area contributed by atoms with Crippen LogP contribution >= 0.6 is 11.6 Å². The number of carbonyl (C=O) groups excluding carboxylic acids is 2. The monoisotopic (exact) mass is 480 g/mol. The van der Waals surface area contributed by atoms with Gasteiger partial charge >= 0.3 is 11.9 Å². The lowest BCUT2D eigenvalue weighted by atomic mass is 9.82. The molecule has 0 saturated heterocycles. The largest absolute Gasteiger partial charge is 0.465 e. The van der Waals surface area contributed by atoms with Gasteiger partial charge in [-0.05, 0) is 37.0 Å². The Bertz CT molecular complexity index is 652. The van der Waals surface area contributed by atoms with Crippen LogP contribution in [-0.2, 0) is 25.7 Å². The molecule has 0 aromatic heterocycles. The van der Waals surface area contributed by atoms with Gasteiger partial charge < -0.3 is 9.47 Å². The molecule has 188 valence electrons. The number of unbranched alkanes of at least 4 members (excludes halogenated alkanes) is 11. The molecule has 1 rings (SSSR count). The van der Waals surface area contributed by atoms with Gasteiger partial charge in [0.1, 0.15) is 6.61 Å².